The van der Waals surface area contributed by atoms with Crippen molar-refractivity contribution in [3.05, 3.63) is 47.2 Å². The SMILES string of the molecule is Cc1nc(N2CCC(O)C2)c2c(n1)C1(CC2)CCN(Cc2ccncc2)CC1. The van der Waals surface area contributed by atoms with Gasteiger partial charge in [-0.3, -0.25) is 9.88 Å². The van der Waals surface area contributed by atoms with E-state index in [1.807, 2.05) is 19.3 Å². The van der Waals surface area contributed by atoms with E-state index in [0.29, 0.717) is 6.54 Å². The van der Waals surface area contributed by atoms with Crippen LogP contribution < -0.4 is 4.90 Å². The number of nitrogens with zero attached hydrogens (tertiary/aromatic N) is 5. The topological polar surface area (TPSA) is 65.4 Å². The summed E-state index contributed by atoms with van der Waals surface area (Å²) < 4.78 is 0. The summed E-state index contributed by atoms with van der Waals surface area (Å²) in [5.74, 6) is 1.96. The van der Waals surface area contributed by atoms with Crippen molar-refractivity contribution in [1.29, 1.82) is 0 Å². The first-order chi connectivity index (χ1) is 13.6. The summed E-state index contributed by atoms with van der Waals surface area (Å²) in [5, 5.41) is 9.98. The summed E-state index contributed by atoms with van der Waals surface area (Å²) in [6.45, 7) is 6.85. The molecule has 1 atom stereocenters. The first kappa shape index (κ1) is 18.0. The Hall–Kier alpha value is -2.05. The predicted octanol–water partition coefficient (Wildman–Crippen LogP) is 2.23. The highest BCUT2D eigenvalue weighted by atomic mass is 16.3. The molecule has 5 rings (SSSR count). The molecule has 28 heavy (non-hydrogen) atoms. The molecule has 0 amide bonds. The van der Waals surface area contributed by atoms with E-state index in [1.54, 1.807) is 0 Å². The van der Waals surface area contributed by atoms with Gasteiger partial charge >= 0.3 is 0 Å². The van der Waals surface area contributed by atoms with Gasteiger partial charge in [0.25, 0.3) is 0 Å². The van der Waals surface area contributed by atoms with Crippen LogP contribution in [0.2, 0.25) is 0 Å². The van der Waals surface area contributed by atoms with Gasteiger partial charge in [-0.15, -0.1) is 0 Å². The smallest absolute Gasteiger partial charge is 0.135 e. The fourth-order valence-corrected chi connectivity index (χ4v) is 5.30. The van der Waals surface area contributed by atoms with Crippen LogP contribution >= 0.6 is 0 Å². The number of pyridine rings is 1. The van der Waals surface area contributed by atoms with E-state index in [9.17, 15) is 5.11 Å². The van der Waals surface area contributed by atoms with E-state index >= 15 is 0 Å². The van der Waals surface area contributed by atoms with Crippen LogP contribution in [0.5, 0.6) is 0 Å². The van der Waals surface area contributed by atoms with Gasteiger partial charge in [0, 0.05) is 43.0 Å². The molecule has 2 saturated heterocycles. The van der Waals surface area contributed by atoms with Crippen LogP contribution in [0, 0.1) is 6.92 Å². The first-order valence-corrected chi connectivity index (χ1v) is 10.6. The molecular formula is C22H29N5O. The molecule has 3 aliphatic rings. The maximum absolute atomic E-state index is 9.98. The molecule has 2 aliphatic heterocycles. The standard InChI is InChI=1S/C22H29N5O/c1-16-24-20-19(21(25-16)27-11-5-18(28)15-27)2-6-22(20)7-12-26(13-8-22)14-17-3-9-23-10-4-17/h3-4,9-10,18,28H,2,5-8,11-15H2,1H3. The first-order valence-electron chi connectivity index (χ1n) is 10.6. The van der Waals surface area contributed by atoms with E-state index in [1.165, 1.54) is 36.1 Å². The van der Waals surface area contributed by atoms with Crippen LogP contribution in [-0.2, 0) is 18.4 Å². The fraction of sp³-hybridized carbons (Fsp3) is 0.591. The van der Waals surface area contributed by atoms with Crippen LogP contribution in [0.3, 0.4) is 0 Å². The van der Waals surface area contributed by atoms with Gasteiger partial charge in [-0.25, -0.2) is 9.97 Å². The minimum Gasteiger partial charge on any atom is -0.391 e. The number of rotatable bonds is 3. The zero-order valence-electron chi connectivity index (χ0n) is 16.6. The average molecular weight is 380 g/mol. The molecule has 0 aromatic carbocycles. The van der Waals surface area contributed by atoms with Crippen molar-refractivity contribution in [3.63, 3.8) is 0 Å². The molecule has 0 saturated carbocycles. The number of hydrogen-bond acceptors (Lipinski definition) is 6. The van der Waals surface area contributed by atoms with Crippen molar-refractivity contribution in [2.45, 2.75) is 57.1 Å². The molecule has 4 heterocycles. The maximum Gasteiger partial charge on any atom is 0.135 e. The number of hydrogen-bond donors (Lipinski definition) is 1. The number of aliphatic hydroxyl groups excluding tert-OH is 1. The lowest BCUT2D eigenvalue weighted by Crippen LogP contribution is -2.41. The highest BCUT2D eigenvalue weighted by Gasteiger charge is 2.44. The van der Waals surface area contributed by atoms with Gasteiger partial charge in [-0.1, -0.05) is 0 Å². The lowest BCUT2D eigenvalue weighted by Gasteiger charge is -2.39. The second-order valence-corrected chi connectivity index (χ2v) is 8.72. The quantitative estimate of drug-likeness (QED) is 0.882. The van der Waals surface area contributed by atoms with Crippen molar-refractivity contribution in [3.8, 4) is 0 Å². The lowest BCUT2D eigenvalue weighted by atomic mass is 9.76. The zero-order chi connectivity index (χ0) is 19.1. The third-order valence-electron chi connectivity index (χ3n) is 6.88. The molecule has 2 aromatic rings. The summed E-state index contributed by atoms with van der Waals surface area (Å²) >= 11 is 0. The Morgan fingerprint density at radius 2 is 1.89 bits per heavy atom. The van der Waals surface area contributed by atoms with Crippen molar-refractivity contribution in [2.24, 2.45) is 0 Å². The van der Waals surface area contributed by atoms with Gasteiger partial charge in [-0.05, 0) is 69.8 Å². The Kier molecular flexibility index (Phi) is 4.56. The highest BCUT2D eigenvalue weighted by Crippen LogP contribution is 2.47. The molecule has 1 N–H and O–H groups in total. The van der Waals surface area contributed by atoms with Crippen LogP contribution in [0.1, 0.15) is 48.3 Å². The number of piperidine rings is 1. The molecule has 2 aromatic heterocycles. The summed E-state index contributed by atoms with van der Waals surface area (Å²) in [6, 6.07) is 4.23. The molecule has 148 valence electrons. The number of likely N-dealkylation sites (tertiary alicyclic amines) is 1. The van der Waals surface area contributed by atoms with Gasteiger partial charge in [0.2, 0.25) is 0 Å². The van der Waals surface area contributed by atoms with Crippen LogP contribution in [-0.4, -0.2) is 57.2 Å². The van der Waals surface area contributed by atoms with E-state index in [-0.39, 0.29) is 11.5 Å². The number of fused-ring (bicyclic) bond motifs is 2. The number of aliphatic hydroxyl groups is 1. The van der Waals surface area contributed by atoms with Crippen LogP contribution in [0.4, 0.5) is 5.82 Å². The zero-order valence-corrected chi connectivity index (χ0v) is 16.6. The normalized spacial score (nSPS) is 24.1. The van der Waals surface area contributed by atoms with E-state index in [4.69, 9.17) is 9.97 Å². The second kappa shape index (κ2) is 7.08. The number of β-amino-alcohol motifs (C(OH)–C–C–N with tert-alkyl or cyclic N) is 1. The molecule has 6 heteroatoms. The van der Waals surface area contributed by atoms with Crippen molar-refractivity contribution < 1.29 is 5.11 Å². The minimum absolute atomic E-state index is 0.213. The fourth-order valence-electron chi connectivity index (χ4n) is 5.30. The minimum atomic E-state index is -0.224. The number of anilines is 1. The molecule has 1 spiro atoms. The third kappa shape index (κ3) is 3.18. The van der Waals surface area contributed by atoms with Crippen molar-refractivity contribution in [2.75, 3.05) is 31.1 Å². The third-order valence-corrected chi connectivity index (χ3v) is 6.88. The predicted molar refractivity (Wildman–Crippen MR) is 108 cm³/mol. The average Bonchev–Trinajstić information content (AvgIpc) is 3.29. The molecule has 0 bridgehead atoms. The van der Waals surface area contributed by atoms with Gasteiger partial charge in [0.15, 0.2) is 0 Å². The van der Waals surface area contributed by atoms with Crippen molar-refractivity contribution >= 4 is 5.82 Å². The second-order valence-electron chi connectivity index (χ2n) is 8.72. The summed E-state index contributed by atoms with van der Waals surface area (Å²) in [6.07, 6.45) is 8.97. The number of aryl methyl sites for hydroxylation is 1. The Morgan fingerprint density at radius 1 is 1.11 bits per heavy atom. The molecule has 2 fully saturated rings. The van der Waals surface area contributed by atoms with Gasteiger partial charge < -0.3 is 10.0 Å². The van der Waals surface area contributed by atoms with Crippen LogP contribution in [0.15, 0.2) is 24.5 Å². The Balaban J connectivity index is 1.36. The monoisotopic (exact) mass is 379 g/mol. The van der Waals surface area contributed by atoms with E-state index in [0.717, 1.165) is 50.7 Å². The van der Waals surface area contributed by atoms with Gasteiger partial charge in [-0.2, -0.15) is 0 Å². The molecule has 1 unspecified atom stereocenters. The summed E-state index contributed by atoms with van der Waals surface area (Å²) in [4.78, 5) is 18.7. The summed E-state index contributed by atoms with van der Waals surface area (Å²) in [7, 11) is 0. The highest BCUT2D eigenvalue weighted by molar-refractivity contribution is 5.54. The van der Waals surface area contributed by atoms with E-state index < -0.39 is 0 Å². The molecular weight excluding hydrogens is 350 g/mol. The Labute approximate surface area is 166 Å². The van der Waals surface area contributed by atoms with Crippen LogP contribution in [0.25, 0.3) is 0 Å². The van der Waals surface area contributed by atoms with Gasteiger partial charge in [0.05, 0.1) is 11.8 Å². The van der Waals surface area contributed by atoms with Gasteiger partial charge in [0.1, 0.15) is 11.6 Å². The Bertz CT molecular complexity index is 848. The maximum atomic E-state index is 9.98. The van der Waals surface area contributed by atoms with E-state index in [2.05, 4.69) is 26.9 Å². The van der Waals surface area contributed by atoms with Crippen molar-refractivity contribution in [1.82, 2.24) is 19.9 Å². The summed E-state index contributed by atoms with van der Waals surface area (Å²) in [5.41, 5.74) is 4.21. The largest absolute Gasteiger partial charge is 0.391 e. The molecule has 1 aliphatic carbocycles. The number of aromatic nitrogens is 3. The lowest BCUT2D eigenvalue weighted by molar-refractivity contribution is 0.150. The molecule has 6 nitrogen and oxygen atoms in total. The molecule has 0 radical (unpaired) electrons. The Morgan fingerprint density at radius 3 is 2.61 bits per heavy atom.